The van der Waals surface area contributed by atoms with Crippen LogP contribution < -0.4 is 0 Å². The molecule has 0 aromatic rings. The first-order valence-corrected chi connectivity index (χ1v) is 3.69. The van der Waals surface area contributed by atoms with E-state index in [-0.39, 0.29) is 0 Å². The van der Waals surface area contributed by atoms with E-state index in [1.54, 1.807) is 0 Å². The van der Waals surface area contributed by atoms with Crippen molar-refractivity contribution in [2.75, 3.05) is 7.11 Å². The van der Waals surface area contributed by atoms with Crippen LogP contribution in [-0.4, -0.2) is 36.2 Å². The van der Waals surface area contributed by atoms with Crippen LogP contribution in [0.4, 0.5) is 30.7 Å². The molecule has 0 aliphatic heterocycles. The lowest BCUT2D eigenvalue weighted by atomic mass is 10.1. The van der Waals surface area contributed by atoms with Gasteiger partial charge in [-0.2, -0.15) is 30.7 Å². The first-order chi connectivity index (χ1) is 7.38. The van der Waals surface area contributed by atoms with Crippen molar-refractivity contribution in [3.8, 4) is 0 Å². The molecule has 0 amide bonds. The third-order valence-electron chi connectivity index (χ3n) is 1.53. The molecule has 0 radical (unpaired) electrons. The van der Waals surface area contributed by atoms with Crippen molar-refractivity contribution in [3.63, 3.8) is 0 Å². The summed E-state index contributed by atoms with van der Waals surface area (Å²) in [7, 11) is 0.645. The molecular weight excluding hydrogens is 265 g/mol. The van der Waals surface area contributed by atoms with Crippen LogP contribution in [-0.2, 0) is 9.53 Å². The van der Waals surface area contributed by atoms with Gasteiger partial charge in [0.2, 0.25) is 0 Å². The van der Waals surface area contributed by atoms with Crippen LogP contribution in [0.1, 0.15) is 0 Å². The molecule has 100 valence electrons. The Kier molecular flexibility index (Phi) is 4.03. The van der Waals surface area contributed by atoms with Crippen molar-refractivity contribution in [3.05, 3.63) is 11.8 Å². The SMILES string of the molecule is COC(=O)/C=C(\O)C(F)(F)C(F)(F)C(F)(F)F. The number of allylic oxidation sites excluding steroid dienone is 1. The molecule has 1 N–H and O–H groups in total. The Hall–Kier alpha value is -1.48. The third kappa shape index (κ3) is 2.80. The number of alkyl halides is 7. The van der Waals surface area contributed by atoms with E-state index in [0.29, 0.717) is 7.11 Å². The molecule has 0 saturated carbocycles. The number of esters is 1. The van der Waals surface area contributed by atoms with Gasteiger partial charge in [0.25, 0.3) is 0 Å². The van der Waals surface area contributed by atoms with Gasteiger partial charge < -0.3 is 9.84 Å². The summed E-state index contributed by atoms with van der Waals surface area (Å²) in [6.07, 6.45) is -7.16. The number of halogens is 7. The minimum Gasteiger partial charge on any atom is -0.506 e. The number of methoxy groups -OCH3 is 1. The highest BCUT2D eigenvalue weighted by molar-refractivity contribution is 5.82. The fourth-order valence-electron chi connectivity index (χ4n) is 0.600. The van der Waals surface area contributed by atoms with Crippen LogP contribution in [0.3, 0.4) is 0 Å². The van der Waals surface area contributed by atoms with Crippen molar-refractivity contribution < 1.29 is 45.4 Å². The molecule has 3 nitrogen and oxygen atoms in total. The maximum atomic E-state index is 12.6. The Morgan fingerprint density at radius 2 is 1.53 bits per heavy atom. The Morgan fingerprint density at radius 3 is 1.82 bits per heavy atom. The molecule has 0 rings (SSSR count). The van der Waals surface area contributed by atoms with Crippen LogP contribution >= 0.6 is 0 Å². The monoisotopic (exact) mass is 270 g/mol. The molecule has 0 atom stereocenters. The number of carbonyl (C=O) groups excluding carboxylic acids is 1. The summed E-state index contributed by atoms with van der Waals surface area (Å²) in [6, 6.07) is 0. The summed E-state index contributed by atoms with van der Waals surface area (Å²) < 4.78 is 88.3. The quantitative estimate of drug-likeness (QED) is 0.371. The van der Waals surface area contributed by atoms with Gasteiger partial charge in [-0.25, -0.2) is 4.79 Å². The molecule has 0 bridgehead atoms. The lowest BCUT2D eigenvalue weighted by Gasteiger charge is -2.27. The second kappa shape index (κ2) is 4.41. The largest absolute Gasteiger partial charge is 0.506 e. The summed E-state index contributed by atoms with van der Waals surface area (Å²) in [5.41, 5.74) is 0. The molecule has 0 fully saturated rings. The molecule has 0 saturated heterocycles. The van der Waals surface area contributed by atoms with E-state index in [2.05, 4.69) is 4.74 Å². The van der Waals surface area contributed by atoms with Crippen molar-refractivity contribution >= 4 is 5.97 Å². The molecular formula is C7H5F7O3. The van der Waals surface area contributed by atoms with E-state index in [4.69, 9.17) is 5.11 Å². The van der Waals surface area contributed by atoms with E-state index in [1.165, 1.54) is 0 Å². The fourth-order valence-corrected chi connectivity index (χ4v) is 0.600. The maximum Gasteiger partial charge on any atom is 0.460 e. The Balaban J connectivity index is 5.42. The highest BCUT2D eigenvalue weighted by atomic mass is 19.4. The van der Waals surface area contributed by atoms with Crippen LogP contribution in [0.25, 0.3) is 0 Å². The maximum absolute atomic E-state index is 12.6. The average molecular weight is 270 g/mol. The topological polar surface area (TPSA) is 46.5 Å². The Morgan fingerprint density at radius 1 is 1.12 bits per heavy atom. The average Bonchev–Trinajstić information content (AvgIpc) is 2.15. The first-order valence-electron chi connectivity index (χ1n) is 3.69. The highest BCUT2D eigenvalue weighted by Gasteiger charge is 2.75. The summed E-state index contributed by atoms with van der Waals surface area (Å²) in [4.78, 5) is 10.3. The van der Waals surface area contributed by atoms with Gasteiger partial charge in [0.1, 0.15) is 0 Å². The number of carbonyl (C=O) groups is 1. The van der Waals surface area contributed by atoms with Crippen molar-refractivity contribution in [1.82, 2.24) is 0 Å². The van der Waals surface area contributed by atoms with Gasteiger partial charge in [-0.3, -0.25) is 0 Å². The van der Waals surface area contributed by atoms with Crippen LogP contribution in [0, 0.1) is 0 Å². The van der Waals surface area contributed by atoms with Gasteiger partial charge >= 0.3 is 24.0 Å². The van der Waals surface area contributed by atoms with Gasteiger partial charge in [0, 0.05) is 0 Å². The Labute approximate surface area is 89.5 Å². The Bertz CT molecular complexity index is 331. The van der Waals surface area contributed by atoms with Gasteiger partial charge in [0.05, 0.1) is 13.2 Å². The van der Waals surface area contributed by atoms with Crippen LogP contribution in [0.2, 0.25) is 0 Å². The number of hydrogen-bond acceptors (Lipinski definition) is 3. The molecule has 0 aromatic carbocycles. The molecule has 0 aromatic heterocycles. The zero-order chi connectivity index (χ0) is 14.1. The number of aliphatic hydroxyl groups is 1. The lowest BCUT2D eigenvalue weighted by Crippen LogP contribution is -2.53. The van der Waals surface area contributed by atoms with Gasteiger partial charge in [0.15, 0.2) is 5.76 Å². The predicted octanol–water partition coefficient (Wildman–Crippen LogP) is 2.43. The fraction of sp³-hybridized carbons (Fsp3) is 0.571. The zero-order valence-electron chi connectivity index (χ0n) is 7.99. The zero-order valence-corrected chi connectivity index (χ0v) is 7.99. The molecule has 0 aliphatic carbocycles. The molecule has 0 heterocycles. The molecule has 0 unspecified atom stereocenters. The van der Waals surface area contributed by atoms with Crippen LogP contribution in [0.15, 0.2) is 11.8 Å². The smallest absolute Gasteiger partial charge is 0.460 e. The summed E-state index contributed by atoms with van der Waals surface area (Å²) in [5.74, 6) is -16.9. The van der Waals surface area contributed by atoms with Crippen molar-refractivity contribution in [1.29, 1.82) is 0 Å². The van der Waals surface area contributed by atoms with Gasteiger partial charge in [-0.1, -0.05) is 0 Å². The van der Waals surface area contributed by atoms with E-state index < -0.39 is 35.8 Å². The molecule has 10 heteroatoms. The molecule has 17 heavy (non-hydrogen) atoms. The van der Waals surface area contributed by atoms with Gasteiger partial charge in [-0.15, -0.1) is 0 Å². The van der Waals surface area contributed by atoms with Crippen molar-refractivity contribution in [2.45, 2.75) is 18.0 Å². The summed E-state index contributed by atoms with van der Waals surface area (Å²) in [6.45, 7) is 0. The second-order valence-electron chi connectivity index (χ2n) is 2.70. The van der Waals surface area contributed by atoms with Crippen molar-refractivity contribution in [2.24, 2.45) is 0 Å². The standard InChI is InChI=1S/C7H5F7O3/c1-17-4(16)2-3(15)5(8,9)6(10,11)7(12,13)14/h2,15H,1H3/b3-2-. The normalized spacial score (nSPS) is 14.7. The van der Waals surface area contributed by atoms with E-state index in [0.717, 1.165) is 0 Å². The van der Waals surface area contributed by atoms with E-state index >= 15 is 0 Å². The predicted molar refractivity (Wildman–Crippen MR) is 38.7 cm³/mol. The number of hydrogen-bond donors (Lipinski definition) is 1. The molecule has 0 aliphatic rings. The summed E-state index contributed by atoms with van der Waals surface area (Å²) >= 11 is 0. The third-order valence-corrected chi connectivity index (χ3v) is 1.53. The van der Waals surface area contributed by atoms with Gasteiger partial charge in [-0.05, 0) is 0 Å². The van der Waals surface area contributed by atoms with E-state index in [9.17, 15) is 35.5 Å². The number of aliphatic hydroxyl groups excluding tert-OH is 1. The van der Waals surface area contributed by atoms with Crippen LogP contribution in [0.5, 0.6) is 0 Å². The first kappa shape index (κ1) is 15.5. The molecule has 0 spiro atoms. The van der Waals surface area contributed by atoms with E-state index in [1.807, 2.05) is 0 Å². The number of ether oxygens (including phenoxy) is 1. The highest BCUT2D eigenvalue weighted by Crippen LogP contribution is 2.49. The lowest BCUT2D eigenvalue weighted by molar-refractivity contribution is -0.349. The summed E-state index contributed by atoms with van der Waals surface area (Å²) in [5, 5.41) is 8.41. The number of rotatable bonds is 3. The second-order valence-corrected chi connectivity index (χ2v) is 2.70. The minimum atomic E-state index is -6.59. The minimum absolute atomic E-state index is 0.570.